The van der Waals surface area contributed by atoms with Crippen LogP contribution in [-0.4, -0.2) is 41.5 Å². The number of benzene rings is 1. The number of carbonyl (C=O) groups is 1. The number of thiazole rings is 1. The Kier molecular flexibility index (Phi) is 7.84. The van der Waals surface area contributed by atoms with Crippen LogP contribution < -0.4 is 5.56 Å². The third kappa shape index (κ3) is 5.28. The van der Waals surface area contributed by atoms with Crippen LogP contribution in [0, 0.1) is 25.2 Å². The molecule has 0 atom stereocenters. The minimum atomic E-state index is -0.254. The molecule has 4 aromatic heterocycles. The highest BCUT2D eigenvalue weighted by Gasteiger charge is 2.22. The molecule has 0 radical (unpaired) electrons. The number of aryl methyl sites for hydroxylation is 3. The number of para-hydroxylation sites is 1. The Morgan fingerprint density at radius 2 is 2.00 bits per heavy atom. The van der Waals surface area contributed by atoms with E-state index in [-0.39, 0.29) is 24.3 Å². The van der Waals surface area contributed by atoms with Crippen LogP contribution >= 0.6 is 11.3 Å². The molecule has 1 amide bonds. The lowest BCUT2D eigenvalue weighted by Gasteiger charge is -2.21. The Hall–Kier alpha value is -4.62. The van der Waals surface area contributed by atoms with Crippen molar-refractivity contribution in [3.8, 4) is 23.0 Å². The van der Waals surface area contributed by atoms with E-state index >= 15 is 0 Å². The van der Waals surface area contributed by atoms with E-state index in [1.165, 1.54) is 15.7 Å². The van der Waals surface area contributed by atoms with Gasteiger partial charge in [0.2, 0.25) is 5.91 Å². The Morgan fingerprint density at radius 1 is 1.18 bits per heavy atom. The topological polar surface area (TPSA) is 109 Å². The van der Waals surface area contributed by atoms with Gasteiger partial charge in [-0.1, -0.05) is 31.2 Å². The molecule has 0 aliphatic rings. The number of amides is 1. The highest BCUT2D eigenvalue weighted by Crippen LogP contribution is 2.25. The quantitative estimate of drug-likeness (QED) is 0.263. The molecule has 5 rings (SSSR count). The molecule has 10 heteroatoms. The summed E-state index contributed by atoms with van der Waals surface area (Å²) in [6.07, 6.45) is 4.46. The zero-order chi connectivity index (χ0) is 28.2. The van der Waals surface area contributed by atoms with Crippen molar-refractivity contribution in [3.63, 3.8) is 0 Å². The number of pyridine rings is 1. The number of nitrogens with zero attached hydrogens (tertiary/aromatic N) is 7. The summed E-state index contributed by atoms with van der Waals surface area (Å²) >= 11 is 1.33. The van der Waals surface area contributed by atoms with E-state index in [0.717, 1.165) is 28.9 Å². The fourth-order valence-electron chi connectivity index (χ4n) is 4.84. The van der Waals surface area contributed by atoms with Gasteiger partial charge in [0.05, 0.1) is 35.9 Å². The van der Waals surface area contributed by atoms with Crippen molar-refractivity contribution in [2.45, 2.75) is 46.6 Å². The second-order valence-electron chi connectivity index (χ2n) is 9.55. The van der Waals surface area contributed by atoms with Gasteiger partial charge >= 0.3 is 0 Å². The second-order valence-corrected chi connectivity index (χ2v) is 10.4. The normalized spacial score (nSPS) is 11.1. The van der Waals surface area contributed by atoms with Crippen LogP contribution in [0.3, 0.4) is 0 Å². The first-order chi connectivity index (χ1) is 19.4. The number of fused-ring (bicyclic) bond motifs is 1. The molecule has 4 heterocycles. The molecule has 1 aromatic carbocycles. The summed E-state index contributed by atoms with van der Waals surface area (Å²) in [4.78, 5) is 38.3. The van der Waals surface area contributed by atoms with Gasteiger partial charge in [0.25, 0.3) is 5.56 Å². The van der Waals surface area contributed by atoms with E-state index in [2.05, 4.69) is 24.0 Å². The highest BCUT2D eigenvalue weighted by molar-refractivity contribution is 7.15. The van der Waals surface area contributed by atoms with E-state index < -0.39 is 0 Å². The van der Waals surface area contributed by atoms with Gasteiger partial charge < -0.3 is 4.90 Å². The highest BCUT2D eigenvalue weighted by atomic mass is 32.1. The Balaban J connectivity index is 1.51. The molecule has 40 heavy (non-hydrogen) atoms. The lowest BCUT2D eigenvalue weighted by Crippen LogP contribution is -2.33. The third-order valence-electron chi connectivity index (χ3n) is 6.84. The van der Waals surface area contributed by atoms with Crippen LogP contribution in [0.4, 0.5) is 0 Å². The average Bonchev–Trinajstić information content (AvgIpc) is 3.54. The molecular weight excluding hydrogens is 522 g/mol. The fraction of sp³-hybridized carbons (Fsp3) is 0.267. The molecule has 5 aromatic rings. The molecule has 0 aliphatic heterocycles. The molecule has 202 valence electrons. The molecule has 0 spiro atoms. The summed E-state index contributed by atoms with van der Waals surface area (Å²) < 4.78 is 3.39. The fourth-order valence-corrected chi connectivity index (χ4v) is 5.76. The van der Waals surface area contributed by atoms with Crippen LogP contribution in [0.2, 0.25) is 0 Å². The van der Waals surface area contributed by atoms with Crippen molar-refractivity contribution in [3.05, 3.63) is 98.8 Å². The monoisotopic (exact) mass is 551 g/mol. The van der Waals surface area contributed by atoms with Gasteiger partial charge in [-0.15, -0.1) is 11.3 Å². The summed E-state index contributed by atoms with van der Waals surface area (Å²) in [6, 6.07) is 15.8. The number of hydrogen-bond acceptors (Lipinski definition) is 7. The van der Waals surface area contributed by atoms with Crippen molar-refractivity contribution in [2.75, 3.05) is 6.54 Å². The number of hydrogen-bond donors (Lipinski definition) is 0. The van der Waals surface area contributed by atoms with Crippen molar-refractivity contribution < 1.29 is 4.79 Å². The predicted molar refractivity (Wildman–Crippen MR) is 154 cm³/mol. The number of nitriles is 1. The minimum absolute atomic E-state index is 0.00707. The maximum absolute atomic E-state index is 13.9. The molecule has 0 aliphatic carbocycles. The Labute approximate surface area is 236 Å². The standard InChI is InChI=1S/C30H29N7O2S/c1-4-23-10-5-6-11-26(23)37-20(2)15-25(34-37)28-21(3)33-30-36(29(28)39)24(19-40-30)16-27(38)35(14-8-12-31)18-22-9-7-13-32-17-22/h5-7,9-11,13,15,17,19H,4,8,14,16,18H2,1-3H3. The van der Waals surface area contributed by atoms with Crippen molar-refractivity contribution in [1.29, 1.82) is 5.26 Å². The summed E-state index contributed by atoms with van der Waals surface area (Å²) in [7, 11) is 0. The van der Waals surface area contributed by atoms with Gasteiger partial charge in [0, 0.05) is 42.3 Å². The van der Waals surface area contributed by atoms with E-state index in [9.17, 15) is 9.59 Å². The molecule has 9 nitrogen and oxygen atoms in total. The summed E-state index contributed by atoms with van der Waals surface area (Å²) in [6.45, 7) is 6.51. The first kappa shape index (κ1) is 27.0. The SMILES string of the molecule is CCc1ccccc1-n1nc(-c2c(C)nc3scc(CC(=O)N(CCC#N)Cc4cccnc4)n3c2=O)cc1C. The van der Waals surface area contributed by atoms with Gasteiger partial charge in [0.1, 0.15) is 5.69 Å². The largest absolute Gasteiger partial charge is 0.337 e. The lowest BCUT2D eigenvalue weighted by molar-refractivity contribution is -0.131. The maximum Gasteiger partial charge on any atom is 0.268 e. The number of aromatic nitrogens is 5. The first-order valence-corrected chi connectivity index (χ1v) is 14.0. The van der Waals surface area contributed by atoms with Gasteiger partial charge in [-0.25, -0.2) is 9.67 Å². The lowest BCUT2D eigenvalue weighted by atomic mass is 10.1. The number of carbonyl (C=O) groups excluding carboxylic acids is 1. The molecular formula is C30H29N7O2S. The van der Waals surface area contributed by atoms with Crippen LogP contribution in [0.25, 0.3) is 21.9 Å². The number of rotatable bonds is 9. The van der Waals surface area contributed by atoms with Gasteiger partial charge in [0.15, 0.2) is 4.96 Å². The maximum atomic E-state index is 13.9. The van der Waals surface area contributed by atoms with E-state index in [1.807, 2.05) is 54.9 Å². The molecule has 0 fully saturated rings. The molecule has 0 saturated heterocycles. The third-order valence-corrected chi connectivity index (χ3v) is 7.71. The molecule has 0 unspecified atom stereocenters. The zero-order valence-electron chi connectivity index (χ0n) is 22.7. The van der Waals surface area contributed by atoms with Gasteiger partial charge in [-0.2, -0.15) is 10.4 Å². The van der Waals surface area contributed by atoms with Gasteiger partial charge in [-0.05, 0) is 49.6 Å². The predicted octanol–water partition coefficient (Wildman–Crippen LogP) is 4.67. The van der Waals surface area contributed by atoms with Crippen LogP contribution in [0.1, 0.15) is 41.6 Å². The second kappa shape index (κ2) is 11.6. The summed E-state index contributed by atoms with van der Waals surface area (Å²) in [5, 5.41) is 15.8. The van der Waals surface area contributed by atoms with Crippen LogP contribution in [0.5, 0.6) is 0 Å². The molecule has 0 bridgehead atoms. The molecule has 0 N–H and O–H groups in total. The summed E-state index contributed by atoms with van der Waals surface area (Å²) in [5.74, 6) is -0.177. The van der Waals surface area contributed by atoms with Crippen LogP contribution in [0.15, 0.2) is 65.0 Å². The zero-order valence-corrected chi connectivity index (χ0v) is 23.5. The summed E-state index contributed by atoms with van der Waals surface area (Å²) in [5.41, 5.74) is 5.77. The van der Waals surface area contributed by atoms with E-state index in [4.69, 9.17) is 15.3 Å². The van der Waals surface area contributed by atoms with Crippen molar-refractivity contribution >= 4 is 22.2 Å². The minimum Gasteiger partial charge on any atom is -0.337 e. The van der Waals surface area contributed by atoms with Crippen molar-refractivity contribution in [2.24, 2.45) is 0 Å². The Morgan fingerprint density at radius 3 is 2.75 bits per heavy atom. The Bertz CT molecular complexity index is 1780. The first-order valence-electron chi connectivity index (χ1n) is 13.1. The van der Waals surface area contributed by atoms with E-state index in [0.29, 0.717) is 40.7 Å². The van der Waals surface area contributed by atoms with Crippen molar-refractivity contribution in [1.82, 2.24) is 29.0 Å². The van der Waals surface area contributed by atoms with E-state index in [1.54, 1.807) is 22.7 Å². The van der Waals surface area contributed by atoms with Gasteiger partial charge in [-0.3, -0.25) is 19.0 Å². The van der Waals surface area contributed by atoms with Crippen LogP contribution in [-0.2, 0) is 24.2 Å². The average molecular weight is 552 g/mol. The smallest absolute Gasteiger partial charge is 0.268 e. The molecule has 0 saturated carbocycles.